The number of hydrogen-bond donors (Lipinski definition) is 1. The average Bonchev–Trinajstić information content (AvgIpc) is 2.56. The van der Waals surface area contributed by atoms with Gasteiger partial charge in [0.25, 0.3) is 0 Å². The standard InChI is InChI=1S/C18H17ClN2O3/c1-9-11(8-20)16(17-13(21-9)4-3-5-14(17)22)10-6-12(19)18(23)15(7-10)24-2/h6-7,11,16,23H,3-5H2,1-2H3/t11?,16-/m0/s1. The number of nitrogens with zero attached hydrogens (tertiary/aromatic N) is 2. The smallest absolute Gasteiger partial charge is 0.176 e. The largest absolute Gasteiger partial charge is 0.503 e. The lowest BCUT2D eigenvalue weighted by atomic mass is 9.72. The van der Waals surface area contributed by atoms with E-state index < -0.39 is 11.8 Å². The van der Waals surface area contributed by atoms with Crippen molar-refractivity contribution in [3.05, 3.63) is 34.0 Å². The minimum absolute atomic E-state index is 0.0286. The fraction of sp³-hybridized carbons (Fsp3) is 0.389. The Hall–Kier alpha value is -2.32. The first-order valence-corrected chi connectivity index (χ1v) is 8.13. The molecule has 1 unspecified atom stereocenters. The van der Waals surface area contributed by atoms with E-state index >= 15 is 0 Å². The van der Waals surface area contributed by atoms with Crippen LogP contribution in [0.2, 0.25) is 5.02 Å². The molecule has 1 aliphatic carbocycles. The summed E-state index contributed by atoms with van der Waals surface area (Å²) in [6.07, 6.45) is 1.97. The van der Waals surface area contributed by atoms with Gasteiger partial charge >= 0.3 is 0 Å². The van der Waals surface area contributed by atoms with Gasteiger partial charge in [0, 0.05) is 29.3 Å². The fourth-order valence-corrected chi connectivity index (χ4v) is 3.68. The number of halogens is 1. The number of phenols is 1. The lowest BCUT2D eigenvalue weighted by Crippen LogP contribution is -2.30. The van der Waals surface area contributed by atoms with Gasteiger partial charge in [0.2, 0.25) is 0 Å². The third-order valence-electron chi connectivity index (χ3n) is 4.60. The first-order valence-electron chi connectivity index (χ1n) is 7.75. The van der Waals surface area contributed by atoms with Crippen molar-refractivity contribution in [2.45, 2.75) is 32.1 Å². The summed E-state index contributed by atoms with van der Waals surface area (Å²) in [7, 11) is 1.43. The molecule has 1 aliphatic heterocycles. The molecule has 0 bridgehead atoms. The number of aliphatic imine (C=N–C) groups is 1. The molecule has 24 heavy (non-hydrogen) atoms. The Bertz CT molecular complexity index is 820. The zero-order valence-corrected chi connectivity index (χ0v) is 14.2. The highest BCUT2D eigenvalue weighted by Gasteiger charge is 2.39. The van der Waals surface area contributed by atoms with Gasteiger partial charge < -0.3 is 9.84 Å². The monoisotopic (exact) mass is 344 g/mol. The lowest BCUT2D eigenvalue weighted by molar-refractivity contribution is -0.116. The van der Waals surface area contributed by atoms with E-state index in [1.165, 1.54) is 7.11 Å². The van der Waals surface area contributed by atoms with E-state index in [0.717, 1.165) is 18.5 Å². The second-order valence-corrected chi connectivity index (χ2v) is 6.44. The summed E-state index contributed by atoms with van der Waals surface area (Å²) in [4.78, 5) is 17.0. The van der Waals surface area contributed by atoms with Crippen LogP contribution in [0.4, 0.5) is 0 Å². The second kappa shape index (κ2) is 6.29. The zero-order valence-electron chi connectivity index (χ0n) is 13.5. The highest BCUT2D eigenvalue weighted by atomic mass is 35.5. The number of aromatic hydroxyl groups is 1. The molecule has 0 radical (unpaired) electrons. The van der Waals surface area contributed by atoms with Gasteiger partial charge in [-0.1, -0.05) is 11.6 Å². The number of carbonyl (C=O) groups excluding carboxylic acids is 1. The zero-order chi connectivity index (χ0) is 17.4. The van der Waals surface area contributed by atoms with Crippen molar-refractivity contribution in [1.29, 1.82) is 5.26 Å². The summed E-state index contributed by atoms with van der Waals surface area (Å²) in [6, 6.07) is 5.50. The SMILES string of the molecule is COc1cc([C@@H]2C3=C(CCCC3=O)N=C(C)C2C#N)cc(Cl)c1O. The van der Waals surface area contributed by atoms with E-state index in [9.17, 15) is 15.2 Å². The topological polar surface area (TPSA) is 82.7 Å². The van der Waals surface area contributed by atoms with Crippen molar-refractivity contribution in [3.8, 4) is 17.6 Å². The minimum atomic E-state index is -0.545. The first kappa shape index (κ1) is 16.5. The molecule has 0 fully saturated rings. The molecule has 1 heterocycles. The number of ether oxygens (including phenoxy) is 1. The highest BCUT2D eigenvalue weighted by molar-refractivity contribution is 6.32. The second-order valence-electron chi connectivity index (χ2n) is 6.03. The van der Waals surface area contributed by atoms with Gasteiger partial charge in [0.15, 0.2) is 17.3 Å². The Kier molecular flexibility index (Phi) is 4.33. The van der Waals surface area contributed by atoms with E-state index in [0.29, 0.717) is 23.3 Å². The molecular formula is C18H17ClN2O3. The maximum atomic E-state index is 12.5. The lowest BCUT2D eigenvalue weighted by Gasteiger charge is -2.32. The van der Waals surface area contributed by atoms with Crippen LogP contribution < -0.4 is 4.74 Å². The fourth-order valence-electron chi connectivity index (χ4n) is 3.46. The van der Waals surface area contributed by atoms with Crippen molar-refractivity contribution < 1.29 is 14.6 Å². The van der Waals surface area contributed by atoms with Crippen molar-refractivity contribution in [3.63, 3.8) is 0 Å². The molecule has 2 atom stereocenters. The van der Waals surface area contributed by atoms with Crippen LogP contribution in [0.25, 0.3) is 0 Å². The van der Waals surface area contributed by atoms with Crippen LogP contribution in [0.15, 0.2) is 28.4 Å². The maximum Gasteiger partial charge on any atom is 0.176 e. The Morgan fingerprint density at radius 2 is 2.17 bits per heavy atom. The van der Waals surface area contributed by atoms with Gasteiger partial charge in [-0.15, -0.1) is 0 Å². The molecule has 1 aromatic carbocycles. The van der Waals surface area contributed by atoms with Gasteiger partial charge in [0.1, 0.15) is 0 Å². The Morgan fingerprint density at radius 1 is 1.42 bits per heavy atom. The highest BCUT2D eigenvalue weighted by Crippen LogP contribution is 2.46. The van der Waals surface area contributed by atoms with E-state index in [1.807, 2.05) is 6.92 Å². The molecule has 0 saturated carbocycles. The van der Waals surface area contributed by atoms with Gasteiger partial charge in [-0.05, 0) is 37.5 Å². The van der Waals surface area contributed by atoms with Crippen LogP contribution in [0, 0.1) is 17.2 Å². The van der Waals surface area contributed by atoms with E-state index in [4.69, 9.17) is 16.3 Å². The molecule has 0 aromatic heterocycles. The minimum Gasteiger partial charge on any atom is -0.503 e. The van der Waals surface area contributed by atoms with Crippen LogP contribution in [0.3, 0.4) is 0 Å². The van der Waals surface area contributed by atoms with Crippen LogP contribution in [0.1, 0.15) is 37.7 Å². The number of ketones is 1. The molecule has 6 heteroatoms. The van der Waals surface area contributed by atoms with Crippen molar-refractivity contribution in [2.75, 3.05) is 7.11 Å². The third kappa shape index (κ3) is 2.57. The summed E-state index contributed by atoms with van der Waals surface area (Å²) in [6.45, 7) is 1.81. The number of Topliss-reactive ketones (excluding diaryl/α,β-unsaturated/α-hetero) is 1. The van der Waals surface area contributed by atoms with Crippen LogP contribution in [-0.4, -0.2) is 23.7 Å². The molecule has 2 aliphatic rings. The summed E-state index contributed by atoms with van der Waals surface area (Å²) in [5.74, 6) is -0.888. The quantitative estimate of drug-likeness (QED) is 0.885. The van der Waals surface area contributed by atoms with E-state index in [2.05, 4.69) is 11.1 Å². The molecule has 0 spiro atoms. The van der Waals surface area contributed by atoms with Crippen molar-refractivity contribution >= 4 is 23.1 Å². The molecular weight excluding hydrogens is 328 g/mol. The Labute approximate surface area is 145 Å². The van der Waals surface area contributed by atoms with Gasteiger partial charge in [-0.25, -0.2) is 0 Å². The summed E-state index contributed by atoms with van der Waals surface area (Å²) in [5.41, 5.74) is 2.74. The normalized spacial score (nSPS) is 23.4. The Balaban J connectivity index is 2.22. The van der Waals surface area contributed by atoms with Crippen molar-refractivity contribution in [2.24, 2.45) is 10.9 Å². The van der Waals surface area contributed by atoms with Gasteiger partial charge in [-0.2, -0.15) is 5.26 Å². The Morgan fingerprint density at radius 3 is 2.83 bits per heavy atom. The summed E-state index contributed by atoms with van der Waals surface area (Å²) >= 11 is 6.11. The summed E-state index contributed by atoms with van der Waals surface area (Å²) in [5, 5.41) is 19.7. The van der Waals surface area contributed by atoms with Crippen LogP contribution in [-0.2, 0) is 4.79 Å². The number of hydrogen-bond acceptors (Lipinski definition) is 5. The van der Waals surface area contributed by atoms with Crippen LogP contribution in [0.5, 0.6) is 11.5 Å². The number of phenolic OH excluding ortho intramolecular Hbond substituents is 1. The number of rotatable bonds is 2. The molecule has 0 amide bonds. The third-order valence-corrected chi connectivity index (χ3v) is 4.89. The molecule has 124 valence electrons. The number of benzene rings is 1. The van der Waals surface area contributed by atoms with Crippen molar-refractivity contribution in [1.82, 2.24) is 0 Å². The molecule has 0 saturated heterocycles. The average molecular weight is 345 g/mol. The van der Waals surface area contributed by atoms with Gasteiger partial charge in [0.05, 0.1) is 24.1 Å². The number of allylic oxidation sites excluding steroid dienone is 2. The maximum absolute atomic E-state index is 12.5. The first-order chi connectivity index (χ1) is 11.5. The molecule has 3 rings (SSSR count). The van der Waals surface area contributed by atoms with Gasteiger partial charge in [-0.3, -0.25) is 9.79 Å². The molecule has 1 aromatic rings. The van der Waals surface area contributed by atoms with E-state index in [1.54, 1.807) is 12.1 Å². The van der Waals surface area contributed by atoms with E-state index in [-0.39, 0.29) is 22.3 Å². The van der Waals surface area contributed by atoms with Crippen LogP contribution >= 0.6 is 11.6 Å². The molecule has 1 N–H and O–H groups in total. The number of methoxy groups -OCH3 is 1. The number of carbonyl (C=O) groups is 1. The predicted molar refractivity (Wildman–Crippen MR) is 90.5 cm³/mol. The predicted octanol–water partition coefficient (Wildman–Crippen LogP) is 3.76. The molecule has 5 nitrogen and oxygen atoms in total. The summed E-state index contributed by atoms with van der Waals surface area (Å²) < 4.78 is 5.17. The number of nitriles is 1.